The Kier molecular flexibility index (Phi) is 7.20. The van der Waals surface area contributed by atoms with Crippen molar-refractivity contribution in [2.24, 2.45) is 0 Å². The van der Waals surface area contributed by atoms with Crippen LogP contribution in [0, 0.1) is 0 Å². The molecule has 224 valence electrons. The average molecular weight is 589 g/mol. The number of rotatable bonds is 6. The Bertz CT molecular complexity index is 1710. The van der Waals surface area contributed by atoms with E-state index in [-0.39, 0.29) is 24.1 Å². The summed E-state index contributed by atoms with van der Waals surface area (Å²) in [7, 11) is 0. The molecule has 0 saturated carbocycles. The molecule has 11 heteroatoms. The third-order valence-electron chi connectivity index (χ3n) is 9.15. The second-order valence-electron chi connectivity index (χ2n) is 11.6. The monoisotopic (exact) mass is 588 g/mol. The number of aldehydes is 1. The molecule has 1 saturated heterocycles. The first kappa shape index (κ1) is 27.7. The molecular weight excluding hydrogens is 554 g/mol. The van der Waals surface area contributed by atoms with Crippen LogP contribution >= 0.6 is 0 Å². The van der Waals surface area contributed by atoms with Gasteiger partial charge in [0, 0.05) is 91.7 Å². The number of carbonyl (C=O) groups excluding carboxylic acids is 2. The first-order valence-electron chi connectivity index (χ1n) is 15.0. The minimum absolute atomic E-state index is 0.0160. The lowest BCUT2D eigenvalue weighted by atomic mass is 9.91. The van der Waals surface area contributed by atoms with Crippen molar-refractivity contribution in [3.8, 4) is 11.1 Å². The average Bonchev–Trinajstić information content (AvgIpc) is 3.59. The summed E-state index contributed by atoms with van der Waals surface area (Å²) in [5.74, 6) is 0.774. The lowest BCUT2D eigenvalue weighted by Gasteiger charge is -2.33. The highest BCUT2D eigenvalue weighted by molar-refractivity contribution is 5.97. The van der Waals surface area contributed by atoms with Crippen LogP contribution in [0.15, 0.2) is 36.8 Å². The number of aryl methyl sites for hydroxylation is 1. The molecule has 4 aromatic rings. The molecule has 6 heterocycles. The van der Waals surface area contributed by atoms with Gasteiger partial charge in [0.1, 0.15) is 6.29 Å². The molecule has 1 aromatic carbocycles. The number of hydrogen-bond acceptors (Lipinski definition) is 6. The predicted molar refractivity (Wildman–Crippen MR) is 158 cm³/mol. The van der Waals surface area contributed by atoms with E-state index in [0.29, 0.717) is 50.4 Å². The van der Waals surface area contributed by atoms with Gasteiger partial charge in [-0.05, 0) is 55.0 Å². The van der Waals surface area contributed by atoms with Crippen LogP contribution in [0.25, 0.3) is 22.0 Å². The topological polar surface area (TPSA) is 85.5 Å². The Balaban J connectivity index is 1.37. The van der Waals surface area contributed by atoms with E-state index in [1.165, 1.54) is 0 Å². The quantitative estimate of drug-likeness (QED) is 0.282. The molecule has 0 atom stereocenters. The molecule has 1 fully saturated rings. The summed E-state index contributed by atoms with van der Waals surface area (Å²) in [5.41, 5.74) is 5.65. The van der Waals surface area contributed by atoms with Crippen molar-refractivity contribution in [2.75, 3.05) is 31.2 Å². The van der Waals surface area contributed by atoms with E-state index in [1.807, 2.05) is 11.0 Å². The largest absolute Gasteiger partial charge is 0.381 e. The van der Waals surface area contributed by atoms with E-state index in [1.54, 1.807) is 42.2 Å². The summed E-state index contributed by atoms with van der Waals surface area (Å²) in [5, 5.41) is 5.90. The molecule has 0 aliphatic carbocycles. The van der Waals surface area contributed by atoms with Crippen molar-refractivity contribution in [1.29, 1.82) is 0 Å². The lowest BCUT2D eigenvalue weighted by molar-refractivity contribution is -0.129. The minimum atomic E-state index is -2.72. The Hall–Kier alpha value is -4.12. The van der Waals surface area contributed by atoms with Crippen molar-refractivity contribution in [2.45, 2.75) is 64.6 Å². The van der Waals surface area contributed by atoms with Gasteiger partial charge in [-0.25, -0.2) is 8.78 Å². The third-order valence-corrected chi connectivity index (χ3v) is 9.15. The molecule has 0 N–H and O–H groups in total. The number of carbonyl (C=O) groups is 2. The molecular formula is C32H34F2N6O3. The minimum Gasteiger partial charge on any atom is -0.381 e. The second kappa shape index (κ2) is 11.2. The number of alkyl halides is 2. The fourth-order valence-corrected chi connectivity index (χ4v) is 7.01. The molecule has 1 amide bonds. The summed E-state index contributed by atoms with van der Waals surface area (Å²) in [4.78, 5) is 31.9. The maximum atomic E-state index is 14.9. The van der Waals surface area contributed by atoms with Gasteiger partial charge in [-0.3, -0.25) is 14.5 Å². The number of ether oxygens (including phenoxy) is 1. The van der Waals surface area contributed by atoms with Gasteiger partial charge in [-0.2, -0.15) is 5.10 Å². The van der Waals surface area contributed by atoms with Crippen LogP contribution < -0.4 is 4.90 Å². The summed E-state index contributed by atoms with van der Waals surface area (Å²) in [6, 6.07) is 5.52. The molecule has 0 bridgehead atoms. The van der Waals surface area contributed by atoms with Gasteiger partial charge in [0.25, 0.3) is 6.43 Å². The highest BCUT2D eigenvalue weighted by Crippen LogP contribution is 2.45. The summed E-state index contributed by atoms with van der Waals surface area (Å²) < 4.78 is 39.2. The van der Waals surface area contributed by atoms with Crippen LogP contribution in [0.3, 0.4) is 0 Å². The summed E-state index contributed by atoms with van der Waals surface area (Å²) in [6.45, 7) is 4.81. The zero-order valence-electron chi connectivity index (χ0n) is 24.1. The van der Waals surface area contributed by atoms with Crippen molar-refractivity contribution >= 4 is 34.6 Å². The Labute approximate surface area is 248 Å². The SMILES string of the molecule is CC(=O)N1CCc2c(c(N3CCCc4cc(-c5cn(CC=O)c6ccncc56)c(C(F)F)cc43)nn2C2CCOCC2)C1. The molecule has 0 radical (unpaired) electrons. The highest BCUT2D eigenvalue weighted by atomic mass is 19.3. The number of fused-ring (bicyclic) bond motifs is 3. The first-order valence-corrected chi connectivity index (χ1v) is 15.0. The first-order chi connectivity index (χ1) is 20.9. The molecule has 7 rings (SSSR count). The fourth-order valence-electron chi connectivity index (χ4n) is 7.01. The van der Waals surface area contributed by atoms with E-state index >= 15 is 0 Å². The van der Waals surface area contributed by atoms with Crippen LogP contribution in [-0.4, -0.2) is 62.7 Å². The zero-order valence-corrected chi connectivity index (χ0v) is 24.1. The van der Waals surface area contributed by atoms with Gasteiger partial charge in [-0.1, -0.05) is 0 Å². The zero-order chi connectivity index (χ0) is 29.7. The van der Waals surface area contributed by atoms with E-state index in [4.69, 9.17) is 9.84 Å². The molecule has 3 aliphatic rings. The van der Waals surface area contributed by atoms with Crippen molar-refractivity contribution in [3.05, 3.63) is 59.2 Å². The highest BCUT2D eigenvalue weighted by Gasteiger charge is 2.34. The van der Waals surface area contributed by atoms with Crippen LogP contribution in [-0.2, 0) is 40.3 Å². The number of anilines is 2. The molecule has 3 aliphatic heterocycles. The number of amides is 1. The van der Waals surface area contributed by atoms with Gasteiger partial charge < -0.3 is 23.9 Å². The second-order valence-corrected chi connectivity index (χ2v) is 11.6. The lowest BCUT2D eigenvalue weighted by Crippen LogP contribution is -2.36. The van der Waals surface area contributed by atoms with Gasteiger partial charge in [-0.15, -0.1) is 0 Å². The standard InChI is InChI=1S/C32H34F2N6O3/c1-20(42)37-10-5-29-27(19-37)32(36-40(29)22-6-13-43-14-7-22)39-9-2-3-21-15-23(24(31(33)34)16-30(21)39)26-18-38(11-12-41)28-4-8-35-17-25(26)28/h4,8,12,15-18,22,31H,2-3,5-7,9-11,13-14,19H2,1H3. The summed E-state index contributed by atoms with van der Waals surface area (Å²) in [6.07, 6.45) is 7.20. The maximum Gasteiger partial charge on any atom is 0.264 e. The molecule has 0 spiro atoms. The number of pyridine rings is 1. The fraction of sp³-hybridized carbons (Fsp3) is 0.438. The number of hydrogen-bond donors (Lipinski definition) is 0. The van der Waals surface area contributed by atoms with E-state index in [2.05, 4.69) is 14.6 Å². The van der Waals surface area contributed by atoms with Gasteiger partial charge in [0.05, 0.1) is 24.6 Å². The van der Waals surface area contributed by atoms with Gasteiger partial charge >= 0.3 is 0 Å². The molecule has 0 unspecified atom stereocenters. The van der Waals surface area contributed by atoms with Crippen LogP contribution in [0.1, 0.15) is 61.0 Å². The van der Waals surface area contributed by atoms with E-state index in [0.717, 1.165) is 71.2 Å². The Morgan fingerprint density at radius 3 is 2.77 bits per heavy atom. The number of halogens is 2. The van der Waals surface area contributed by atoms with E-state index < -0.39 is 6.43 Å². The van der Waals surface area contributed by atoms with E-state index in [9.17, 15) is 18.4 Å². The molecule has 43 heavy (non-hydrogen) atoms. The normalized spacial score (nSPS) is 17.4. The number of benzene rings is 1. The number of aromatic nitrogens is 4. The van der Waals surface area contributed by atoms with Crippen molar-refractivity contribution in [3.63, 3.8) is 0 Å². The van der Waals surface area contributed by atoms with Gasteiger partial charge in [0.15, 0.2) is 5.82 Å². The summed E-state index contributed by atoms with van der Waals surface area (Å²) >= 11 is 0. The Morgan fingerprint density at radius 2 is 2.00 bits per heavy atom. The van der Waals surface area contributed by atoms with Crippen LogP contribution in [0.2, 0.25) is 0 Å². The smallest absolute Gasteiger partial charge is 0.264 e. The van der Waals surface area contributed by atoms with Crippen molar-refractivity contribution in [1.82, 2.24) is 24.2 Å². The van der Waals surface area contributed by atoms with Crippen molar-refractivity contribution < 1.29 is 23.1 Å². The Morgan fingerprint density at radius 1 is 1.16 bits per heavy atom. The molecule has 3 aromatic heterocycles. The van der Waals surface area contributed by atoms with Crippen LogP contribution in [0.5, 0.6) is 0 Å². The predicted octanol–water partition coefficient (Wildman–Crippen LogP) is 5.38. The number of nitrogens with zero attached hydrogens (tertiary/aromatic N) is 6. The molecule has 9 nitrogen and oxygen atoms in total. The van der Waals surface area contributed by atoms with Gasteiger partial charge in [0.2, 0.25) is 5.91 Å². The van der Waals surface area contributed by atoms with Crippen LogP contribution in [0.4, 0.5) is 20.3 Å². The maximum absolute atomic E-state index is 14.9. The third kappa shape index (κ3) is 4.79.